The van der Waals surface area contributed by atoms with Crippen molar-refractivity contribution >= 4 is 33.0 Å². The molecule has 0 N–H and O–H groups in total. The molecule has 0 saturated heterocycles. The van der Waals surface area contributed by atoms with E-state index in [1.807, 2.05) is 10.8 Å². The van der Waals surface area contributed by atoms with Crippen LogP contribution in [0.5, 0.6) is 0 Å². The smallest absolute Gasteiger partial charge is 0.168 e. The van der Waals surface area contributed by atoms with Crippen molar-refractivity contribution in [2.75, 3.05) is 0 Å². The summed E-state index contributed by atoms with van der Waals surface area (Å²) in [6, 6.07) is 0. The van der Waals surface area contributed by atoms with Gasteiger partial charge in [-0.3, -0.25) is 4.79 Å². The van der Waals surface area contributed by atoms with E-state index in [9.17, 15) is 4.79 Å². The second-order valence-electron chi connectivity index (χ2n) is 3.32. The normalized spacial score (nSPS) is 27.2. The number of hydrogen-bond acceptors (Lipinski definition) is 2. The van der Waals surface area contributed by atoms with Gasteiger partial charge in [0.25, 0.3) is 0 Å². The predicted octanol–water partition coefficient (Wildman–Crippen LogP) is 3.35. The number of Topliss-reactive ketones (excluding diaryl/α,β-unsaturated/α-hetero) is 1. The maximum atomic E-state index is 11.7. The van der Waals surface area contributed by atoms with Gasteiger partial charge in [-0.05, 0) is 28.3 Å². The summed E-state index contributed by atoms with van der Waals surface area (Å²) in [6.45, 7) is 2.13. The third kappa shape index (κ3) is 1.36. The summed E-state index contributed by atoms with van der Waals surface area (Å²) in [5.41, 5.74) is 0.870. The Labute approximate surface area is 83.9 Å². The molecule has 1 saturated carbocycles. The molecule has 2 unspecified atom stereocenters. The average molecular weight is 245 g/mol. The van der Waals surface area contributed by atoms with Gasteiger partial charge in [-0.1, -0.05) is 6.92 Å². The van der Waals surface area contributed by atoms with Crippen molar-refractivity contribution in [3.63, 3.8) is 0 Å². The van der Waals surface area contributed by atoms with Gasteiger partial charge in [0.05, 0.1) is 0 Å². The first kappa shape index (κ1) is 8.45. The highest BCUT2D eigenvalue weighted by Gasteiger charge is 2.40. The van der Waals surface area contributed by atoms with Crippen LogP contribution in [0.4, 0.5) is 0 Å². The molecule has 1 aromatic heterocycles. The Morgan fingerprint density at radius 1 is 1.67 bits per heavy atom. The summed E-state index contributed by atoms with van der Waals surface area (Å²) in [5, 5.41) is 3.89. The number of ketones is 1. The molecule has 1 aliphatic rings. The summed E-state index contributed by atoms with van der Waals surface area (Å²) in [5.74, 6) is 1.22. The predicted molar refractivity (Wildman–Crippen MR) is 53.6 cm³/mol. The molecule has 0 aromatic carbocycles. The molecule has 2 rings (SSSR count). The topological polar surface area (TPSA) is 17.1 Å². The Morgan fingerprint density at radius 2 is 2.33 bits per heavy atom. The van der Waals surface area contributed by atoms with Gasteiger partial charge < -0.3 is 0 Å². The number of carbonyl (C=O) groups excluding carboxylic acids is 1. The maximum absolute atomic E-state index is 11.7. The van der Waals surface area contributed by atoms with E-state index in [1.165, 1.54) is 0 Å². The number of carbonyl (C=O) groups is 1. The van der Waals surface area contributed by atoms with Crippen molar-refractivity contribution in [3.05, 3.63) is 20.8 Å². The van der Waals surface area contributed by atoms with Crippen LogP contribution in [0, 0.1) is 11.8 Å². The zero-order valence-corrected chi connectivity index (χ0v) is 9.11. The van der Waals surface area contributed by atoms with Gasteiger partial charge in [0.2, 0.25) is 0 Å². The van der Waals surface area contributed by atoms with Crippen molar-refractivity contribution in [2.45, 2.75) is 13.3 Å². The molecule has 0 amide bonds. The summed E-state index contributed by atoms with van der Waals surface area (Å²) in [6.07, 6.45) is 1.07. The number of halogens is 1. The van der Waals surface area contributed by atoms with Crippen LogP contribution in [0.1, 0.15) is 23.7 Å². The summed E-state index contributed by atoms with van der Waals surface area (Å²) in [4.78, 5) is 11.7. The third-order valence-electron chi connectivity index (χ3n) is 2.33. The first-order chi connectivity index (χ1) is 5.70. The van der Waals surface area contributed by atoms with E-state index >= 15 is 0 Å². The van der Waals surface area contributed by atoms with E-state index < -0.39 is 0 Å². The molecule has 2 atom stereocenters. The second kappa shape index (κ2) is 2.96. The fourth-order valence-corrected chi connectivity index (χ4v) is 2.82. The summed E-state index contributed by atoms with van der Waals surface area (Å²) in [7, 11) is 0. The van der Waals surface area contributed by atoms with E-state index in [0.29, 0.717) is 17.6 Å². The number of hydrogen-bond donors (Lipinski definition) is 0. The minimum atomic E-state index is 0.302. The van der Waals surface area contributed by atoms with Crippen molar-refractivity contribution in [1.29, 1.82) is 0 Å². The van der Waals surface area contributed by atoms with Gasteiger partial charge in [0, 0.05) is 26.7 Å². The van der Waals surface area contributed by atoms with Crippen molar-refractivity contribution < 1.29 is 4.79 Å². The number of thiophene rings is 1. The molecule has 1 aliphatic carbocycles. The van der Waals surface area contributed by atoms with E-state index in [2.05, 4.69) is 22.9 Å². The highest BCUT2D eigenvalue weighted by atomic mass is 79.9. The lowest BCUT2D eigenvalue weighted by Crippen LogP contribution is -2.01. The van der Waals surface area contributed by atoms with Crippen LogP contribution in [-0.4, -0.2) is 5.78 Å². The van der Waals surface area contributed by atoms with Crippen LogP contribution in [-0.2, 0) is 0 Å². The van der Waals surface area contributed by atoms with Crippen molar-refractivity contribution in [2.24, 2.45) is 11.8 Å². The Balaban J connectivity index is 2.20. The van der Waals surface area contributed by atoms with E-state index in [0.717, 1.165) is 16.5 Å². The fraction of sp³-hybridized carbons (Fsp3) is 0.444. The molecule has 0 bridgehead atoms. The lowest BCUT2D eigenvalue weighted by molar-refractivity contribution is 0.0962. The van der Waals surface area contributed by atoms with Crippen LogP contribution < -0.4 is 0 Å². The summed E-state index contributed by atoms with van der Waals surface area (Å²) >= 11 is 4.95. The fourth-order valence-electron chi connectivity index (χ4n) is 1.34. The van der Waals surface area contributed by atoms with Gasteiger partial charge in [-0.15, -0.1) is 0 Å². The highest BCUT2D eigenvalue weighted by Crippen LogP contribution is 2.41. The molecule has 12 heavy (non-hydrogen) atoms. The van der Waals surface area contributed by atoms with Crippen molar-refractivity contribution in [1.82, 2.24) is 0 Å². The minimum absolute atomic E-state index is 0.302. The Morgan fingerprint density at radius 3 is 2.75 bits per heavy atom. The lowest BCUT2D eigenvalue weighted by Gasteiger charge is -1.94. The van der Waals surface area contributed by atoms with Gasteiger partial charge in [-0.25, -0.2) is 0 Å². The zero-order chi connectivity index (χ0) is 8.72. The van der Waals surface area contributed by atoms with E-state index in [-0.39, 0.29) is 0 Å². The Bertz CT molecular complexity index is 318. The molecule has 1 aromatic rings. The molecule has 3 heteroatoms. The second-order valence-corrected chi connectivity index (χ2v) is 4.92. The molecule has 0 radical (unpaired) electrons. The largest absolute Gasteiger partial charge is 0.294 e. The Kier molecular flexibility index (Phi) is 2.09. The molecular weight excluding hydrogens is 236 g/mol. The summed E-state index contributed by atoms with van der Waals surface area (Å²) < 4.78 is 0.955. The maximum Gasteiger partial charge on any atom is 0.168 e. The zero-order valence-electron chi connectivity index (χ0n) is 6.71. The third-order valence-corrected chi connectivity index (χ3v) is 4.03. The molecule has 1 nitrogen and oxygen atoms in total. The highest BCUT2D eigenvalue weighted by molar-refractivity contribution is 9.10. The van der Waals surface area contributed by atoms with Crippen LogP contribution in [0.15, 0.2) is 15.2 Å². The van der Waals surface area contributed by atoms with Crippen molar-refractivity contribution in [3.8, 4) is 0 Å². The van der Waals surface area contributed by atoms with Crippen LogP contribution in [0.2, 0.25) is 0 Å². The molecule has 1 heterocycles. The van der Waals surface area contributed by atoms with Crippen LogP contribution >= 0.6 is 27.3 Å². The minimum Gasteiger partial charge on any atom is -0.294 e. The standard InChI is InChI=1S/C9H9BrOS/c1-5-2-6(5)9(11)7-3-12-4-8(7)10/h3-6H,2H2,1H3. The van der Waals surface area contributed by atoms with E-state index in [4.69, 9.17) is 0 Å². The quantitative estimate of drug-likeness (QED) is 0.730. The van der Waals surface area contributed by atoms with Crippen LogP contribution in [0.3, 0.4) is 0 Å². The first-order valence-corrected chi connectivity index (χ1v) is 5.69. The van der Waals surface area contributed by atoms with Gasteiger partial charge in [0.1, 0.15) is 0 Å². The molecule has 64 valence electrons. The average Bonchev–Trinajstić information content (AvgIpc) is 2.59. The van der Waals surface area contributed by atoms with E-state index in [1.54, 1.807) is 11.3 Å². The Hall–Kier alpha value is -0.150. The van der Waals surface area contributed by atoms with Gasteiger partial charge in [-0.2, -0.15) is 11.3 Å². The monoisotopic (exact) mass is 244 g/mol. The molecular formula is C9H9BrOS. The first-order valence-electron chi connectivity index (χ1n) is 3.96. The van der Waals surface area contributed by atoms with Crippen LogP contribution in [0.25, 0.3) is 0 Å². The SMILES string of the molecule is CC1CC1C(=O)c1cscc1Br. The number of rotatable bonds is 2. The molecule has 1 fully saturated rings. The van der Waals surface area contributed by atoms with Gasteiger partial charge in [0.15, 0.2) is 5.78 Å². The van der Waals surface area contributed by atoms with Gasteiger partial charge >= 0.3 is 0 Å². The molecule has 0 spiro atoms. The lowest BCUT2D eigenvalue weighted by atomic mass is 10.1. The molecule has 0 aliphatic heterocycles.